The Morgan fingerprint density at radius 1 is 0.809 bits per heavy atom. The minimum atomic E-state index is -0.482. The summed E-state index contributed by atoms with van der Waals surface area (Å²) in [5.41, 5.74) is 5.07. The van der Waals surface area contributed by atoms with Gasteiger partial charge in [-0.1, -0.05) is 54.6 Å². The number of rotatable bonds is 9. The molecule has 6 rings (SSSR count). The number of hydrogen-bond acceptors (Lipinski definition) is 6. The Kier molecular flexibility index (Phi) is 9.77. The quantitative estimate of drug-likeness (QED) is 0.221. The Hall–Kier alpha value is -4.83. The van der Waals surface area contributed by atoms with Crippen molar-refractivity contribution in [2.24, 2.45) is 0 Å². The molecule has 10 heteroatoms. The summed E-state index contributed by atoms with van der Waals surface area (Å²) in [6, 6.07) is 24.4. The number of nitrogens with zero attached hydrogens (tertiary/aromatic N) is 3. The van der Waals surface area contributed by atoms with Crippen molar-refractivity contribution in [1.29, 1.82) is 0 Å². The first kappa shape index (κ1) is 32.1. The van der Waals surface area contributed by atoms with E-state index >= 15 is 0 Å². The van der Waals surface area contributed by atoms with E-state index in [9.17, 15) is 19.2 Å². The summed E-state index contributed by atoms with van der Waals surface area (Å²) in [4.78, 5) is 60.1. The molecule has 0 aliphatic carbocycles. The third-order valence-electron chi connectivity index (χ3n) is 8.87. The summed E-state index contributed by atoms with van der Waals surface area (Å²) < 4.78 is 0. The molecule has 2 atom stereocenters. The Morgan fingerprint density at radius 3 is 2.15 bits per heavy atom. The fraction of sp³-hybridized carbons (Fsp3) is 0.324. The molecule has 9 nitrogen and oxygen atoms in total. The minimum Gasteiger partial charge on any atom is -0.339 e. The fourth-order valence-corrected chi connectivity index (χ4v) is 7.51. The Balaban J connectivity index is 1.08. The lowest BCUT2D eigenvalue weighted by Gasteiger charge is -2.24. The van der Waals surface area contributed by atoms with Crippen molar-refractivity contribution in [3.63, 3.8) is 0 Å². The SMILES string of the molecule is CC(=O)N1CCC[C@H]1CC(=O)Nc1ccc(-c2sc(C)nc2-c2ccc(NC(=O)[C@@H]3CCCN3C(=O)Cc3ccccc3)cc2)cc1. The van der Waals surface area contributed by atoms with Crippen molar-refractivity contribution in [3.05, 3.63) is 89.4 Å². The molecule has 4 amide bonds. The number of nitrogens with one attached hydrogen (secondary N) is 2. The lowest BCUT2D eigenvalue weighted by atomic mass is 10.1. The molecular formula is C37H39N5O4S. The summed E-state index contributed by atoms with van der Waals surface area (Å²) in [5.74, 6) is -0.288. The highest BCUT2D eigenvalue weighted by molar-refractivity contribution is 7.15. The minimum absolute atomic E-state index is 0.0166. The summed E-state index contributed by atoms with van der Waals surface area (Å²) in [6.45, 7) is 4.83. The number of aryl methyl sites for hydroxylation is 1. The van der Waals surface area contributed by atoms with Gasteiger partial charge < -0.3 is 20.4 Å². The number of likely N-dealkylation sites (tertiary alicyclic amines) is 2. The van der Waals surface area contributed by atoms with Crippen molar-refractivity contribution in [3.8, 4) is 21.7 Å². The summed E-state index contributed by atoms with van der Waals surface area (Å²) in [7, 11) is 0. The van der Waals surface area contributed by atoms with Crippen LogP contribution >= 0.6 is 11.3 Å². The maximum absolute atomic E-state index is 13.2. The van der Waals surface area contributed by atoms with Crippen LogP contribution in [0.15, 0.2) is 78.9 Å². The molecule has 0 spiro atoms. The van der Waals surface area contributed by atoms with Gasteiger partial charge in [-0.25, -0.2) is 4.98 Å². The molecule has 0 unspecified atom stereocenters. The van der Waals surface area contributed by atoms with E-state index in [1.165, 1.54) is 0 Å². The van der Waals surface area contributed by atoms with Crippen LogP contribution in [-0.2, 0) is 25.6 Å². The fourth-order valence-electron chi connectivity index (χ4n) is 6.56. The highest BCUT2D eigenvalue weighted by Gasteiger charge is 2.34. The number of anilines is 2. The number of carbonyl (C=O) groups is 4. The van der Waals surface area contributed by atoms with Gasteiger partial charge in [0, 0.05) is 49.4 Å². The molecule has 2 fully saturated rings. The first-order valence-electron chi connectivity index (χ1n) is 16.1. The predicted molar refractivity (Wildman–Crippen MR) is 185 cm³/mol. The van der Waals surface area contributed by atoms with E-state index in [1.54, 1.807) is 28.1 Å². The molecule has 2 saturated heterocycles. The topological polar surface area (TPSA) is 112 Å². The van der Waals surface area contributed by atoms with Crippen LogP contribution in [-0.4, -0.2) is 63.6 Å². The summed E-state index contributed by atoms with van der Waals surface area (Å²) in [5, 5.41) is 6.91. The van der Waals surface area contributed by atoms with Crippen molar-refractivity contribution in [1.82, 2.24) is 14.8 Å². The Bertz CT molecular complexity index is 1750. The maximum atomic E-state index is 13.2. The molecule has 0 saturated carbocycles. The van der Waals surface area contributed by atoms with E-state index in [0.717, 1.165) is 51.5 Å². The molecule has 2 N–H and O–H groups in total. The van der Waals surface area contributed by atoms with Gasteiger partial charge in [-0.15, -0.1) is 11.3 Å². The third-order valence-corrected chi connectivity index (χ3v) is 9.89. The molecule has 4 aromatic rings. The molecule has 0 radical (unpaired) electrons. The second kappa shape index (κ2) is 14.3. The highest BCUT2D eigenvalue weighted by Crippen LogP contribution is 2.37. The molecular weight excluding hydrogens is 611 g/mol. The van der Waals surface area contributed by atoms with Crippen LogP contribution in [0.3, 0.4) is 0 Å². The number of aromatic nitrogens is 1. The third kappa shape index (κ3) is 7.60. The molecule has 1 aromatic heterocycles. The molecule has 2 aliphatic heterocycles. The second-order valence-electron chi connectivity index (χ2n) is 12.2. The lowest BCUT2D eigenvalue weighted by Crippen LogP contribution is -2.43. The standard InChI is InChI=1S/C37H39N5O4S/c1-24-38-35(36(47-24)28-14-18-29(19-15-28)39-33(44)23-31-10-6-20-41(31)25(2)43)27-12-16-30(17-13-27)40-37(46)32-11-7-21-42(32)34(45)22-26-8-4-3-5-9-26/h3-5,8-9,12-19,31-32H,6-7,10-11,20-23H2,1-2H3,(H,39,44)(H,40,46)/t31-,32-/m0/s1. The summed E-state index contributed by atoms with van der Waals surface area (Å²) in [6.07, 6.45) is 3.80. The highest BCUT2D eigenvalue weighted by atomic mass is 32.1. The lowest BCUT2D eigenvalue weighted by molar-refractivity contribution is -0.136. The molecule has 0 bridgehead atoms. The van der Waals surface area contributed by atoms with Gasteiger partial charge >= 0.3 is 0 Å². The van der Waals surface area contributed by atoms with Crippen LogP contribution < -0.4 is 10.6 Å². The monoisotopic (exact) mass is 649 g/mol. The average molecular weight is 650 g/mol. The van der Waals surface area contributed by atoms with Crippen molar-refractivity contribution in [2.75, 3.05) is 23.7 Å². The van der Waals surface area contributed by atoms with E-state index in [2.05, 4.69) is 10.6 Å². The number of hydrogen-bond donors (Lipinski definition) is 2. The van der Waals surface area contributed by atoms with E-state index < -0.39 is 6.04 Å². The maximum Gasteiger partial charge on any atom is 0.247 e. The first-order chi connectivity index (χ1) is 22.7. The second-order valence-corrected chi connectivity index (χ2v) is 13.4. The molecule has 2 aliphatic rings. The van der Waals surface area contributed by atoms with E-state index in [4.69, 9.17) is 4.98 Å². The van der Waals surface area contributed by atoms with Gasteiger partial charge in [-0.2, -0.15) is 0 Å². The van der Waals surface area contributed by atoms with Crippen LogP contribution in [0.25, 0.3) is 21.7 Å². The van der Waals surface area contributed by atoms with Gasteiger partial charge in [0.25, 0.3) is 0 Å². The van der Waals surface area contributed by atoms with Crippen molar-refractivity contribution < 1.29 is 19.2 Å². The molecule has 3 aromatic carbocycles. The van der Waals surface area contributed by atoms with Crippen molar-refractivity contribution >= 4 is 46.3 Å². The zero-order valence-electron chi connectivity index (χ0n) is 26.7. The van der Waals surface area contributed by atoms with Crippen LogP contribution in [0.2, 0.25) is 0 Å². The van der Waals surface area contributed by atoms with E-state index in [0.29, 0.717) is 37.3 Å². The van der Waals surface area contributed by atoms with Gasteiger partial charge in [0.2, 0.25) is 23.6 Å². The Morgan fingerprint density at radius 2 is 1.45 bits per heavy atom. The number of benzene rings is 3. The van der Waals surface area contributed by atoms with E-state index in [1.807, 2.05) is 85.8 Å². The van der Waals surface area contributed by atoms with Gasteiger partial charge in [-0.3, -0.25) is 19.2 Å². The molecule has 47 heavy (non-hydrogen) atoms. The van der Waals surface area contributed by atoms with Gasteiger partial charge in [0.05, 0.1) is 22.0 Å². The number of amides is 4. The Labute approximate surface area is 279 Å². The zero-order chi connectivity index (χ0) is 32.9. The summed E-state index contributed by atoms with van der Waals surface area (Å²) >= 11 is 1.60. The van der Waals surface area contributed by atoms with Gasteiger partial charge in [0.1, 0.15) is 6.04 Å². The number of thiazole rings is 1. The van der Waals surface area contributed by atoms with Gasteiger partial charge in [0.15, 0.2) is 0 Å². The van der Waals surface area contributed by atoms with Crippen LogP contribution in [0.5, 0.6) is 0 Å². The molecule has 3 heterocycles. The number of carbonyl (C=O) groups excluding carboxylic acids is 4. The van der Waals surface area contributed by atoms with Crippen molar-refractivity contribution in [2.45, 2.75) is 64.5 Å². The largest absolute Gasteiger partial charge is 0.339 e. The van der Waals surface area contributed by atoms with Crippen LogP contribution in [0.1, 0.15) is 49.6 Å². The van der Waals surface area contributed by atoms with Crippen LogP contribution in [0.4, 0.5) is 11.4 Å². The average Bonchev–Trinajstić information content (AvgIpc) is 3.83. The normalized spacial score (nSPS) is 17.5. The first-order valence-corrected chi connectivity index (χ1v) is 17.0. The van der Waals surface area contributed by atoms with Crippen LogP contribution in [0, 0.1) is 6.92 Å². The van der Waals surface area contributed by atoms with E-state index in [-0.39, 0.29) is 36.1 Å². The smallest absolute Gasteiger partial charge is 0.247 e. The predicted octanol–water partition coefficient (Wildman–Crippen LogP) is 6.30. The zero-order valence-corrected chi connectivity index (χ0v) is 27.5. The van der Waals surface area contributed by atoms with Gasteiger partial charge in [-0.05, 0) is 68.0 Å². The molecule has 242 valence electrons.